The van der Waals surface area contributed by atoms with Crippen molar-refractivity contribution >= 4 is 28.2 Å². The summed E-state index contributed by atoms with van der Waals surface area (Å²) in [5.74, 6) is -0.382. The summed E-state index contributed by atoms with van der Waals surface area (Å²) in [4.78, 5) is 13.0. The normalized spacial score (nSPS) is 11.1. The van der Waals surface area contributed by atoms with Gasteiger partial charge in [-0.25, -0.2) is 0 Å². The van der Waals surface area contributed by atoms with Gasteiger partial charge in [-0.3, -0.25) is 9.89 Å². The molecule has 2 aromatic rings. The van der Waals surface area contributed by atoms with Gasteiger partial charge in [0.25, 0.3) is 0 Å². The molecular weight excluding hydrogens is 230 g/mol. The van der Waals surface area contributed by atoms with Crippen molar-refractivity contribution in [1.29, 1.82) is 0 Å². The van der Waals surface area contributed by atoms with Gasteiger partial charge in [-0.05, 0) is 26.0 Å². The van der Waals surface area contributed by atoms with E-state index < -0.39 is 0 Å². The van der Waals surface area contributed by atoms with Gasteiger partial charge in [-0.1, -0.05) is 0 Å². The summed E-state index contributed by atoms with van der Waals surface area (Å²) < 4.78 is 0. The largest absolute Gasteiger partial charge is 0.397 e. The molecule has 1 heterocycles. The molecule has 96 valence electrons. The Hall–Kier alpha value is -2.24. The second-order valence-corrected chi connectivity index (χ2v) is 4.56. The van der Waals surface area contributed by atoms with Crippen molar-refractivity contribution in [1.82, 2.24) is 10.2 Å². The summed E-state index contributed by atoms with van der Waals surface area (Å²) in [5, 5.41) is 7.79. The minimum Gasteiger partial charge on any atom is -0.397 e. The predicted octanol–water partition coefficient (Wildman–Crippen LogP) is 0.845. The van der Waals surface area contributed by atoms with Crippen LogP contribution >= 0.6 is 0 Å². The average Bonchev–Trinajstić information content (AvgIpc) is 2.71. The predicted molar refractivity (Wildman–Crippen MR) is 72.2 cm³/mol. The Morgan fingerprint density at radius 1 is 1.50 bits per heavy atom. The lowest BCUT2D eigenvalue weighted by Crippen LogP contribution is -2.39. The molecule has 1 aromatic carbocycles. The Morgan fingerprint density at radius 3 is 2.83 bits per heavy atom. The number of carbonyl (C=O) groups excluding carboxylic acids is 1. The standard InChI is InChI=1S/C12H17N5O/c1-7(2)17(6-12(14)18)11-4-10-8(3-9(11)13)5-15-16-10/h3-5,7H,6,13H2,1-2H3,(H2,14,18)(H,15,16). The molecule has 0 aliphatic carbocycles. The third-order valence-corrected chi connectivity index (χ3v) is 2.85. The number of hydrogen-bond donors (Lipinski definition) is 3. The van der Waals surface area contributed by atoms with E-state index in [1.807, 2.05) is 30.9 Å². The molecule has 0 saturated heterocycles. The number of H-pyrrole nitrogens is 1. The summed E-state index contributed by atoms with van der Waals surface area (Å²) in [5.41, 5.74) is 13.6. The fourth-order valence-corrected chi connectivity index (χ4v) is 1.96. The number of rotatable bonds is 4. The highest BCUT2D eigenvalue weighted by Crippen LogP contribution is 2.29. The van der Waals surface area contributed by atoms with Gasteiger partial charge >= 0.3 is 0 Å². The van der Waals surface area contributed by atoms with Crippen LogP contribution in [0, 0.1) is 0 Å². The van der Waals surface area contributed by atoms with E-state index in [0.29, 0.717) is 5.69 Å². The summed E-state index contributed by atoms with van der Waals surface area (Å²) in [6.07, 6.45) is 1.71. The number of fused-ring (bicyclic) bond motifs is 1. The molecule has 0 aliphatic rings. The van der Waals surface area contributed by atoms with Crippen LogP contribution in [0.5, 0.6) is 0 Å². The van der Waals surface area contributed by atoms with Crippen molar-refractivity contribution in [2.45, 2.75) is 19.9 Å². The number of carbonyl (C=O) groups is 1. The lowest BCUT2D eigenvalue weighted by molar-refractivity contribution is -0.116. The lowest BCUT2D eigenvalue weighted by Gasteiger charge is -2.28. The Kier molecular flexibility index (Phi) is 3.10. The molecule has 0 spiro atoms. The van der Waals surface area contributed by atoms with Crippen LogP contribution in [0.1, 0.15) is 13.8 Å². The van der Waals surface area contributed by atoms with Crippen molar-refractivity contribution in [2.75, 3.05) is 17.2 Å². The monoisotopic (exact) mass is 247 g/mol. The third kappa shape index (κ3) is 2.22. The molecule has 0 saturated carbocycles. The molecule has 18 heavy (non-hydrogen) atoms. The molecule has 0 fully saturated rings. The van der Waals surface area contributed by atoms with Gasteiger partial charge in [0.15, 0.2) is 0 Å². The first-order valence-corrected chi connectivity index (χ1v) is 5.76. The number of nitrogen functional groups attached to an aromatic ring is 1. The van der Waals surface area contributed by atoms with Gasteiger partial charge in [0.1, 0.15) is 0 Å². The Bertz CT molecular complexity index is 575. The van der Waals surface area contributed by atoms with Crippen molar-refractivity contribution in [3.05, 3.63) is 18.3 Å². The maximum atomic E-state index is 11.1. The van der Waals surface area contributed by atoms with Crippen LogP contribution in [0.4, 0.5) is 11.4 Å². The van der Waals surface area contributed by atoms with Crippen LogP contribution in [0.3, 0.4) is 0 Å². The zero-order valence-corrected chi connectivity index (χ0v) is 10.5. The first kappa shape index (κ1) is 12.2. The van der Waals surface area contributed by atoms with Gasteiger partial charge in [0, 0.05) is 11.4 Å². The van der Waals surface area contributed by atoms with Crippen molar-refractivity contribution < 1.29 is 4.79 Å². The Balaban J connectivity index is 2.48. The second kappa shape index (κ2) is 4.56. The first-order chi connectivity index (χ1) is 8.49. The molecule has 0 unspecified atom stereocenters. The van der Waals surface area contributed by atoms with E-state index in [1.165, 1.54) is 0 Å². The van der Waals surface area contributed by atoms with E-state index in [-0.39, 0.29) is 18.5 Å². The van der Waals surface area contributed by atoms with Crippen molar-refractivity contribution in [3.8, 4) is 0 Å². The number of benzene rings is 1. The smallest absolute Gasteiger partial charge is 0.236 e. The maximum absolute atomic E-state index is 11.1. The van der Waals surface area contributed by atoms with E-state index in [9.17, 15) is 4.79 Å². The molecule has 0 aliphatic heterocycles. The van der Waals surface area contributed by atoms with E-state index >= 15 is 0 Å². The van der Waals surface area contributed by atoms with Gasteiger partial charge in [-0.15, -0.1) is 0 Å². The third-order valence-electron chi connectivity index (χ3n) is 2.85. The number of nitrogens with zero attached hydrogens (tertiary/aromatic N) is 2. The highest BCUT2D eigenvalue weighted by atomic mass is 16.1. The topological polar surface area (TPSA) is 101 Å². The molecule has 0 radical (unpaired) electrons. The fourth-order valence-electron chi connectivity index (χ4n) is 1.96. The molecule has 6 nitrogen and oxygen atoms in total. The van der Waals surface area contributed by atoms with Crippen LogP contribution in [0.15, 0.2) is 18.3 Å². The molecule has 1 amide bonds. The van der Waals surface area contributed by atoms with E-state index in [0.717, 1.165) is 16.6 Å². The van der Waals surface area contributed by atoms with Crippen molar-refractivity contribution in [3.63, 3.8) is 0 Å². The highest BCUT2D eigenvalue weighted by Gasteiger charge is 2.16. The van der Waals surface area contributed by atoms with Gasteiger partial charge in [0.2, 0.25) is 5.91 Å². The fraction of sp³-hybridized carbons (Fsp3) is 0.333. The second-order valence-electron chi connectivity index (χ2n) is 4.56. The molecule has 1 aromatic heterocycles. The van der Waals surface area contributed by atoms with Crippen LogP contribution in [0.25, 0.3) is 10.9 Å². The number of hydrogen-bond acceptors (Lipinski definition) is 4. The lowest BCUT2D eigenvalue weighted by atomic mass is 10.1. The molecule has 0 atom stereocenters. The number of aromatic nitrogens is 2. The zero-order valence-electron chi connectivity index (χ0n) is 10.5. The van der Waals surface area contributed by atoms with Crippen LogP contribution < -0.4 is 16.4 Å². The molecule has 2 rings (SSSR count). The number of aromatic amines is 1. The quantitative estimate of drug-likeness (QED) is 0.697. The Labute approximate surface area is 105 Å². The van der Waals surface area contributed by atoms with Gasteiger partial charge in [-0.2, -0.15) is 5.10 Å². The summed E-state index contributed by atoms with van der Waals surface area (Å²) in [6.45, 7) is 4.11. The van der Waals surface area contributed by atoms with Crippen molar-refractivity contribution in [2.24, 2.45) is 5.73 Å². The summed E-state index contributed by atoms with van der Waals surface area (Å²) >= 11 is 0. The number of amides is 1. The minimum atomic E-state index is -0.382. The number of anilines is 2. The van der Waals surface area contributed by atoms with E-state index in [1.54, 1.807) is 6.20 Å². The number of nitrogens with two attached hydrogens (primary N) is 2. The first-order valence-electron chi connectivity index (χ1n) is 5.76. The van der Waals surface area contributed by atoms with Crippen LogP contribution in [-0.2, 0) is 4.79 Å². The highest BCUT2D eigenvalue weighted by molar-refractivity contribution is 5.90. The maximum Gasteiger partial charge on any atom is 0.236 e. The van der Waals surface area contributed by atoms with E-state index in [2.05, 4.69) is 10.2 Å². The average molecular weight is 247 g/mol. The molecule has 0 bridgehead atoms. The van der Waals surface area contributed by atoms with Gasteiger partial charge in [0.05, 0.1) is 29.6 Å². The summed E-state index contributed by atoms with van der Waals surface area (Å²) in [7, 11) is 0. The number of primary amides is 1. The molecular formula is C12H17N5O. The minimum absolute atomic E-state index is 0.125. The summed E-state index contributed by atoms with van der Waals surface area (Å²) in [6, 6.07) is 3.85. The van der Waals surface area contributed by atoms with Gasteiger partial charge < -0.3 is 16.4 Å². The van der Waals surface area contributed by atoms with Crippen LogP contribution in [-0.4, -0.2) is 28.7 Å². The SMILES string of the molecule is CC(C)N(CC(N)=O)c1cc2[nH]ncc2cc1N. The number of nitrogens with one attached hydrogen (secondary N) is 1. The molecule has 5 N–H and O–H groups in total. The zero-order chi connectivity index (χ0) is 13.3. The Morgan fingerprint density at radius 2 is 2.22 bits per heavy atom. The van der Waals surface area contributed by atoms with Crippen LogP contribution in [0.2, 0.25) is 0 Å². The molecule has 6 heteroatoms. The van der Waals surface area contributed by atoms with E-state index in [4.69, 9.17) is 11.5 Å².